The molecule has 120 valence electrons. The van der Waals surface area contributed by atoms with E-state index in [1.54, 1.807) is 11.8 Å². The standard InChI is InChI=1S/C18H18O4S/c1-5-16(6-2-13(1)20-11-15-12-21-15)23-17-7-3-14(4-8-17)22-18-9-10-19-18/h1-8,15,18H,9-12H2. The normalized spacial score (nSPS) is 22.3. The molecule has 0 spiro atoms. The fraction of sp³-hybridized carbons (Fsp3) is 0.333. The first-order valence-electron chi connectivity index (χ1n) is 7.76. The highest BCUT2D eigenvalue weighted by Crippen LogP contribution is 2.31. The lowest BCUT2D eigenvalue weighted by Crippen LogP contribution is -2.32. The maximum atomic E-state index is 5.66. The molecule has 0 bridgehead atoms. The van der Waals surface area contributed by atoms with E-state index >= 15 is 0 Å². The monoisotopic (exact) mass is 330 g/mol. The smallest absolute Gasteiger partial charge is 0.202 e. The van der Waals surface area contributed by atoms with E-state index in [4.69, 9.17) is 18.9 Å². The van der Waals surface area contributed by atoms with Gasteiger partial charge in [-0.2, -0.15) is 0 Å². The van der Waals surface area contributed by atoms with E-state index in [-0.39, 0.29) is 12.4 Å². The molecule has 2 fully saturated rings. The molecule has 2 aliphatic rings. The van der Waals surface area contributed by atoms with Gasteiger partial charge in [0.1, 0.15) is 24.2 Å². The molecule has 2 aromatic carbocycles. The molecule has 0 amide bonds. The first-order valence-corrected chi connectivity index (χ1v) is 8.57. The summed E-state index contributed by atoms with van der Waals surface area (Å²) < 4.78 is 21.7. The van der Waals surface area contributed by atoms with Gasteiger partial charge in [-0.05, 0) is 48.5 Å². The Labute approximate surface area is 139 Å². The number of hydrogen-bond acceptors (Lipinski definition) is 5. The molecule has 2 saturated heterocycles. The van der Waals surface area contributed by atoms with Crippen LogP contribution in [0.15, 0.2) is 58.3 Å². The fourth-order valence-corrected chi connectivity index (χ4v) is 2.95. The molecule has 2 aromatic rings. The van der Waals surface area contributed by atoms with E-state index in [0.29, 0.717) is 6.61 Å². The summed E-state index contributed by atoms with van der Waals surface area (Å²) in [5.41, 5.74) is 0. The summed E-state index contributed by atoms with van der Waals surface area (Å²) in [6.45, 7) is 2.26. The van der Waals surface area contributed by atoms with Gasteiger partial charge < -0.3 is 18.9 Å². The summed E-state index contributed by atoms with van der Waals surface area (Å²) in [5.74, 6) is 1.74. The van der Waals surface area contributed by atoms with Crippen molar-refractivity contribution in [3.05, 3.63) is 48.5 Å². The lowest BCUT2D eigenvalue weighted by Gasteiger charge is -2.26. The fourth-order valence-electron chi connectivity index (χ4n) is 2.14. The van der Waals surface area contributed by atoms with Crippen LogP contribution in [0.25, 0.3) is 0 Å². The molecule has 2 unspecified atom stereocenters. The third kappa shape index (κ3) is 4.19. The number of benzene rings is 2. The molecule has 4 nitrogen and oxygen atoms in total. The van der Waals surface area contributed by atoms with Gasteiger partial charge in [-0.15, -0.1) is 0 Å². The minimum atomic E-state index is -0.0675. The summed E-state index contributed by atoms with van der Waals surface area (Å²) in [4.78, 5) is 2.35. The maximum absolute atomic E-state index is 5.66. The number of ether oxygens (including phenoxy) is 4. The van der Waals surface area contributed by atoms with Gasteiger partial charge in [0, 0.05) is 16.2 Å². The predicted octanol–water partition coefficient (Wildman–Crippen LogP) is 3.74. The largest absolute Gasteiger partial charge is 0.491 e. The minimum absolute atomic E-state index is 0.0675. The molecule has 0 aliphatic carbocycles. The molecule has 0 saturated carbocycles. The highest BCUT2D eigenvalue weighted by molar-refractivity contribution is 7.99. The molecule has 0 radical (unpaired) electrons. The van der Waals surface area contributed by atoms with E-state index in [9.17, 15) is 0 Å². The molecule has 2 heterocycles. The van der Waals surface area contributed by atoms with Crippen LogP contribution in [-0.2, 0) is 9.47 Å². The second-order valence-electron chi connectivity index (χ2n) is 5.52. The minimum Gasteiger partial charge on any atom is -0.491 e. The molecule has 5 heteroatoms. The molecular weight excluding hydrogens is 312 g/mol. The Balaban J connectivity index is 1.31. The van der Waals surface area contributed by atoms with Gasteiger partial charge in [-0.3, -0.25) is 0 Å². The number of rotatable bonds is 7. The van der Waals surface area contributed by atoms with Crippen LogP contribution in [0.5, 0.6) is 11.5 Å². The van der Waals surface area contributed by atoms with Crippen LogP contribution < -0.4 is 9.47 Å². The first-order chi connectivity index (χ1) is 11.3. The topological polar surface area (TPSA) is 40.2 Å². The van der Waals surface area contributed by atoms with Crippen molar-refractivity contribution >= 4 is 11.8 Å². The summed E-state index contributed by atoms with van der Waals surface area (Å²) in [7, 11) is 0. The van der Waals surface area contributed by atoms with Crippen molar-refractivity contribution < 1.29 is 18.9 Å². The van der Waals surface area contributed by atoms with Crippen molar-refractivity contribution in [2.45, 2.75) is 28.6 Å². The predicted molar refractivity (Wildman–Crippen MR) is 87.2 cm³/mol. The van der Waals surface area contributed by atoms with Crippen LogP contribution >= 0.6 is 11.8 Å². The lowest BCUT2D eigenvalue weighted by atomic mass is 10.3. The summed E-state index contributed by atoms with van der Waals surface area (Å²) in [6, 6.07) is 16.2. The number of epoxide rings is 1. The average Bonchev–Trinajstić information content (AvgIpc) is 3.36. The van der Waals surface area contributed by atoms with Gasteiger partial charge in [-0.1, -0.05) is 11.8 Å². The van der Waals surface area contributed by atoms with E-state index in [1.807, 2.05) is 24.3 Å². The molecule has 4 rings (SSSR count). The van der Waals surface area contributed by atoms with Crippen molar-refractivity contribution in [2.75, 3.05) is 19.8 Å². The van der Waals surface area contributed by atoms with Crippen molar-refractivity contribution in [1.29, 1.82) is 0 Å². The zero-order valence-corrected chi connectivity index (χ0v) is 13.5. The molecule has 0 aromatic heterocycles. The Bertz CT molecular complexity index is 633. The lowest BCUT2D eigenvalue weighted by molar-refractivity contribution is -0.165. The zero-order valence-electron chi connectivity index (χ0n) is 12.6. The Morgan fingerprint density at radius 1 is 0.913 bits per heavy atom. The van der Waals surface area contributed by atoms with Crippen LogP contribution in [0.4, 0.5) is 0 Å². The summed E-state index contributed by atoms with van der Waals surface area (Å²) >= 11 is 1.71. The van der Waals surface area contributed by atoms with Crippen LogP contribution in [0.1, 0.15) is 6.42 Å². The van der Waals surface area contributed by atoms with E-state index in [1.165, 1.54) is 9.79 Å². The van der Waals surface area contributed by atoms with E-state index < -0.39 is 0 Å². The van der Waals surface area contributed by atoms with Gasteiger partial charge in [0.2, 0.25) is 6.29 Å². The van der Waals surface area contributed by atoms with Gasteiger partial charge in [0.05, 0.1) is 13.2 Å². The zero-order chi connectivity index (χ0) is 15.5. The Hall–Kier alpha value is -1.69. The van der Waals surface area contributed by atoms with Crippen LogP contribution in [0.3, 0.4) is 0 Å². The molecule has 2 aliphatic heterocycles. The molecule has 0 N–H and O–H groups in total. The van der Waals surface area contributed by atoms with Gasteiger partial charge in [0.15, 0.2) is 0 Å². The Morgan fingerprint density at radius 2 is 1.52 bits per heavy atom. The van der Waals surface area contributed by atoms with Crippen molar-refractivity contribution in [3.8, 4) is 11.5 Å². The summed E-state index contributed by atoms with van der Waals surface area (Å²) in [5, 5.41) is 0. The van der Waals surface area contributed by atoms with Gasteiger partial charge in [-0.25, -0.2) is 0 Å². The highest BCUT2D eigenvalue weighted by atomic mass is 32.2. The SMILES string of the molecule is c1cc(Sc2ccc(OC3CCO3)cc2)ccc1OCC1CO1. The van der Waals surface area contributed by atoms with Crippen molar-refractivity contribution in [2.24, 2.45) is 0 Å². The number of hydrogen-bond donors (Lipinski definition) is 0. The van der Waals surface area contributed by atoms with Crippen molar-refractivity contribution in [3.63, 3.8) is 0 Å². The molecule has 23 heavy (non-hydrogen) atoms. The second kappa shape index (κ2) is 6.83. The molecular formula is C18H18O4S. The first kappa shape index (κ1) is 14.9. The van der Waals surface area contributed by atoms with Crippen LogP contribution in [0, 0.1) is 0 Å². The third-order valence-electron chi connectivity index (χ3n) is 3.65. The van der Waals surface area contributed by atoms with Gasteiger partial charge in [0.25, 0.3) is 0 Å². The Kier molecular flexibility index (Phi) is 4.41. The average molecular weight is 330 g/mol. The van der Waals surface area contributed by atoms with Crippen LogP contribution in [-0.4, -0.2) is 32.2 Å². The summed E-state index contributed by atoms with van der Waals surface area (Å²) in [6.07, 6.45) is 1.19. The highest BCUT2D eigenvalue weighted by Gasteiger charge is 2.23. The van der Waals surface area contributed by atoms with E-state index in [0.717, 1.165) is 31.1 Å². The quantitative estimate of drug-likeness (QED) is 0.723. The third-order valence-corrected chi connectivity index (χ3v) is 4.66. The Morgan fingerprint density at radius 3 is 2.04 bits per heavy atom. The molecule has 2 atom stereocenters. The van der Waals surface area contributed by atoms with Gasteiger partial charge >= 0.3 is 0 Å². The van der Waals surface area contributed by atoms with E-state index in [2.05, 4.69) is 24.3 Å². The second-order valence-corrected chi connectivity index (χ2v) is 6.67. The maximum Gasteiger partial charge on any atom is 0.202 e. The van der Waals surface area contributed by atoms with Crippen LogP contribution in [0.2, 0.25) is 0 Å². The van der Waals surface area contributed by atoms with Crippen molar-refractivity contribution in [1.82, 2.24) is 0 Å².